The fraction of sp³-hybridized carbons (Fsp3) is 0.133. The van der Waals surface area contributed by atoms with Gasteiger partial charge in [-0.15, -0.1) is 0 Å². The summed E-state index contributed by atoms with van der Waals surface area (Å²) in [4.78, 5) is 10.5. The summed E-state index contributed by atoms with van der Waals surface area (Å²) in [6, 6.07) is 14.2. The van der Waals surface area contributed by atoms with Crippen LogP contribution in [0.1, 0.15) is 12.5 Å². The molecule has 0 saturated carbocycles. The lowest BCUT2D eigenvalue weighted by Crippen LogP contribution is -2.19. The van der Waals surface area contributed by atoms with Crippen molar-refractivity contribution in [2.75, 3.05) is 10.6 Å². The summed E-state index contributed by atoms with van der Waals surface area (Å²) in [7, 11) is 0. The van der Waals surface area contributed by atoms with Crippen LogP contribution in [-0.4, -0.2) is 10.0 Å². The van der Waals surface area contributed by atoms with Gasteiger partial charge < -0.3 is 10.6 Å². The smallest absolute Gasteiger partial charge is 0.292 e. The lowest BCUT2D eigenvalue weighted by atomic mass is 10.1. The molecule has 0 spiro atoms. The molecule has 0 aliphatic heterocycles. The van der Waals surface area contributed by atoms with E-state index in [1.54, 1.807) is 18.2 Å². The monoisotopic (exact) mass is 301 g/mol. The molecule has 0 saturated heterocycles. The zero-order chi connectivity index (χ0) is 15.2. The third kappa shape index (κ3) is 4.00. The average Bonchev–Trinajstić information content (AvgIpc) is 2.48. The van der Waals surface area contributed by atoms with E-state index in [2.05, 4.69) is 17.6 Å². The second-order valence-electron chi connectivity index (χ2n) is 4.40. The number of para-hydroxylation sites is 2. The minimum atomic E-state index is -0.443. The molecule has 0 aliphatic rings. The topological polar surface area (TPSA) is 67.2 Å². The Labute approximate surface area is 128 Å². The number of nitrogens with zero attached hydrogens (tertiary/aromatic N) is 1. The largest absolute Gasteiger partial charge is 0.332 e. The van der Waals surface area contributed by atoms with Crippen molar-refractivity contribution in [3.63, 3.8) is 0 Å². The summed E-state index contributed by atoms with van der Waals surface area (Å²) < 4.78 is 0. The van der Waals surface area contributed by atoms with E-state index in [-0.39, 0.29) is 5.69 Å². The maximum Gasteiger partial charge on any atom is 0.292 e. The summed E-state index contributed by atoms with van der Waals surface area (Å²) in [6.45, 7) is 2.09. The Morgan fingerprint density at radius 3 is 2.43 bits per heavy atom. The fourth-order valence-corrected chi connectivity index (χ4v) is 2.07. The molecule has 0 bridgehead atoms. The van der Waals surface area contributed by atoms with Crippen molar-refractivity contribution in [1.29, 1.82) is 0 Å². The molecule has 108 valence electrons. The number of nitro benzene ring substituents is 1. The second-order valence-corrected chi connectivity index (χ2v) is 4.81. The van der Waals surface area contributed by atoms with Crippen molar-refractivity contribution >= 4 is 34.4 Å². The third-order valence-electron chi connectivity index (χ3n) is 2.97. The molecule has 0 aliphatic carbocycles. The average molecular weight is 301 g/mol. The predicted octanol–water partition coefficient (Wildman–Crippen LogP) is 3.97. The van der Waals surface area contributed by atoms with Crippen LogP contribution < -0.4 is 10.6 Å². The van der Waals surface area contributed by atoms with Crippen molar-refractivity contribution in [3.05, 3.63) is 64.2 Å². The van der Waals surface area contributed by atoms with Crippen LogP contribution in [0.15, 0.2) is 48.5 Å². The van der Waals surface area contributed by atoms with Crippen LogP contribution in [0.3, 0.4) is 0 Å². The second kappa shape index (κ2) is 6.81. The van der Waals surface area contributed by atoms with E-state index >= 15 is 0 Å². The van der Waals surface area contributed by atoms with E-state index in [1.165, 1.54) is 11.6 Å². The zero-order valence-corrected chi connectivity index (χ0v) is 12.3. The van der Waals surface area contributed by atoms with Gasteiger partial charge in [0.1, 0.15) is 5.69 Å². The molecule has 0 atom stereocenters. The molecule has 0 fully saturated rings. The molecule has 0 aromatic heterocycles. The van der Waals surface area contributed by atoms with E-state index in [1.807, 2.05) is 24.3 Å². The Kier molecular flexibility index (Phi) is 4.84. The van der Waals surface area contributed by atoms with Gasteiger partial charge in [0.15, 0.2) is 5.11 Å². The van der Waals surface area contributed by atoms with Gasteiger partial charge in [0.2, 0.25) is 0 Å². The molecule has 0 unspecified atom stereocenters. The first-order valence-electron chi connectivity index (χ1n) is 6.50. The highest BCUT2D eigenvalue weighted by Gasteiger charge is 2.13. The lowest BCUT2D eigenvalue weighted by molar-refractivity contribution is -0.383. The minimum Gasteiger partial charge on any atom is -0.332 e. The number of aryl methyl sites for hydroxylation is 1. The SMILES string of the molecule is CCc1ccc(NC(=S)Nc2ccccc2[N+](=O)[O-])cc1. The van der Waals surface area contributed by atoms with E-state index in [4.69, 9.17) is 12.2 Å². The molecule has 5 nitrogen and oxygen atoms in total. The van der Waals surface area contributed by atoms with Gasteiger partial charge >= 0.3 is 0 Å². The lowest BCUT2D eigenvalue weighted by Gasteiger charge is -2.11. The predicted molar refractivity (Wildman–Crippen MR) is 88.8 cm³/mol. The zero-order valence-electron chi connectivity index (χ0n) is 11.5. The highest BCUT2D eigenvalue weighted by molar-refractivity contribution is 7.80. The fourth-order valence-electron chi connectivity index (χ4n) is 1.85. The molecule has 2 N–H and O–H groups in total. The van der Waals surface area contributed by atoms with Crippen molar-refractivity contribution in [3.8, 4) is 0 Å². The number of anilines is 2. The Balaban J connectivity index is 2.06. The normalized spacial score (nSPS) is 9.95. The van der Waals surface area contributed by atoms with Gasteiger partial charge in [-0.05, 0) is 42.4 Å². The van der Waals surface area contributed by atoms with Crippen LogP contribution in [0.4, 0.5) is 17.1 Å². The van der Waals surface area contributed by atoms with Gasteiger partial charge in [-0.3, -0.25) is 10.1 Å². The number of rotatable bonds is 4. The van der Waals surface area contributed by atoms with Crippen LogP contribution in [0.5, 0.6) is 0 Å². The highest BCUT2D eigenvalue weighted by atomic mass is 32.1. The summed E-state index contributed by atoms with van der Waals surface area (Å²) in [5.41, 5.74) is 2.43. The van der Waals surface area contributed by atoms with Crippen molar-refractivity contribution in [1.82, 2.24) is 0 Å². The van der Waals surface area contributed by atoms with E-state index in [0.29, 0.717) is 10.8 Å². The van der Waals surface area contributed by atoms with Crippen LogP contribution in [0.2, 0.25) is 0 Å². The number of nitrogens with one attached hydrogen (secondary N) is 2. The summed E-state index contributed by atoms with van der Waals surface area (Å²) in [6.07, 6.45) is 0.971. The Morgan fingerprint density at radius 2 is 1.81 bits per heavy atom. The van der Waals surface area contributed by atoms with Crippen LogP contribution >= 0.6 is 12.2 Å². The molecule has 2 aromatic rings. The maximum absolute atomic E-state index is 10.9. The minimum absolute atomic E-state index is 0.0111. The third-order valence-corrected chi connectivity index (χ3v) is 3.17. The number of hydrogen-bond acceptors (Lipinski definition) is 3. The van der Waals surface area contributed by atoms with Crippen LogP contribution in [-0.2, 0) is 6.42 Å². The summed E-state index contributed by atoms with van der Waals surface area (Å²) >= 11 is 5.18. The van der Waals surface area contributed by atoms with Gasteiger partial charge in [-0.1, -0.05) is 31.2 Å². The van der Waals surface area contributed by atoms with Crippen molar-refractivity contribution in [2.24, 2.45) is 0 Å². The molecule has 6 heteroatoms. The van der Waals surface area contributed by atoms with Crippen molar-refractivity contribution in [2.45, 2.75) is 13.3 Å². The van der Waals surface area contributed by atoms with Crippen LogP contribution in [0, 0.1) is 10.1 Å². The van der Waals surface area contributed by atoms with E-state index in [9.17, 15) is 10.1 Å². The van der Waals surface area contributed by atoms with E-state index in [0.717, 1.165) is 12.1 Å². The first-order valence-corrected chi connectivity index (χ1v) is 6.91. The van der Waals surface area contributed by atoms with Gasteiger partial charge in [-0.25, -0.2) is 0 Å². The molecule has 2 rings (SSSR count). The molecule has 0 heterocycles. The molecule has 0 radical (unpaired) electrons. The molecular formula is C15H15N3O2S. The molecular weight excluding hydrogens is 286 g/mol. The van der Waals surface area contributed by atoms with Gasteiger partial charge in [0.25, 0.3) is 5.69 Å². The maximum atomic E-state index is 10.9. The number of nitro groups is 1. The number of benzene rings is 2. The Hall–Kier alpha value is -2.47. The Bertz CT molecular complexity index is 656. The highest BCUT2D eigenvalue weighted by Crippen LogP contribution is 2.23. The molecule has 2 aromatic carbocycles. The van der Waals surface area contributed by atoms with Gasteiger partial charge in [0, 0.05) is 11.8 Å². The number of hydrogen-bond donors (Lipinski definition) is 2. The van der Waals surface area contributed by atoms with Crippen molar-refractivity contribution < 1.29 is 4.92 Å². The summed E-state index contributed by atoms with van der Waals surface area (Å²) in [5, 5.41) is 17.1. The van der Waals surface area contributed by atoms with Gasteiger partial charge in [-0.2, -0.15) is 0 Å². The van der Waals surface area contributed by atoms with Crippen LogP contribution in [0.25, 0.3) is 0 Å². The van der Waals surface area contributed by atoms with Gasteiger partial charge in [0.05, 0.1) is 4.92 Å². The quantitative estimate of drug-likeness (QED) is 0.508. The standard InChI is InChI=1S/C15H15N3O2S/c1-2-11-7-9-12(10-8-11)16-15(21)17-13-5-3-4-6-14(13)18(19)20/h3-10H,2H2,1H3,(H2,16,17,21). The first-order chi connectivity index (χ1) is 10.1. The molecule has 21 heavy (non-hydrogen) atoms. The molecule has 0 amide bonds. The summed E-state index contributed by atoms with van der Waals surface area (Å²) in [5.74, 6) is 0. The Morgan fingerprint density at radius 1 is 1.14 bits per heavy atom. The first kappa shape index (κ1) is 14.9. The van der Waals surface area contributed by atoms with E-state index < -0.39 is 4.92 Å². The number of thiocarbonyl (C=S) groups is 1.